The van der Waals surface area contributed by atoms with Crippen molar-refractivity contribution in [2.45, 2.75) is 39.0 Å². The van der Waals surface area contributed by atoms with E-state index in [1.54, 1.807) is 25.4 Å². The Morgan fingerprint density at radius 3 is 3.00 bits per heavy atom. The summed E-state index contributed by atoms with van der Waals surface area (Å²) in [5.74, 6) is -1.14. The summed E-state index contributed by atoms with van der Waals surface area (Å²) >= 11 is 1.45. The highest BCUT2D eigenvalue weighted by atomic mass is 32.1. The fourth-order valence-electron chi connectivity index (χ4n) is 3.55. The van der Waals surface area contributed by atoms with Crippen molar-refractivity contribution in [1.29, 1.82) is 5.26 Å². The molecule has 0 unspecified atom stereocenters. The average Bonchev–Trinajstić information content (AvgIpc) is 3.12. The molecule has 3 heterocycles. The molecular weight excluding hydrogens is 390 g/mol. The number of aromatic nitrogens is 3. The number of nitrogens with zero attached hydrogens (tertiary/aromatic N) is 4. The molecule has 0 atom stereocenters. The van der Waals surface area contributed by atoms with Crippen molar-refractivity contribution in [1.82, 2.24) is 14.6 Å². The lowest BCUT2D eigenvalue weighted by Crippen LogP contribution is -2.21. The zero-order valence-electron chi connectivity index (χ0n) is 15.9. The van der Waals surface area contributed by atoms with Crippen molar-refractivity contribution < 1.29 is 14.3 Å². The number of hydrogen-bond donors (Lipinski definition) is 1. The molecule has 0 radical (unpaired) electrons. The Morgan fingerprint density at radius 1 is 1.34 bits per heavy atom. The molecule has 0 saturated carbocycles. The van der Waals surface area contributed by atoms with Gasteiger partial charge in [0.2, 0.25) is 0 Å². The maximum Gasteiger partial charge on any atom is 0.344 e. The van der Waals surface area contributed by atoms with Gasteiger partial charge in [0.1, 0.15) is 16.6 Å². The van der Waals surface area contributed by atoms with Crippen molar-refractivity contribution in [2.75, 3.05) is 11.9 Å². The van der Waals surface area contributed by atoms with Crippen LogP contribution in [0.4, 0.5) is 5.00 Å². The lowest BCUT2D eigenvalue weighted by molar-refractivity contribution is -0.119. The molecule has 0 saturated heterocycles. The molecule has 148 valence electrons. The van der Waals surface area contributed by atoms with E-state index >= 15 is 0 Å². The summed E-state index contributed by atoms with van der Waals surface area (Å²) in [7, 11) is 0. The van der Waals surface area contributed by atoms with Crippen molar-refractivity contribution in [3.8, 4) is 6.07 Å². The van der Waals surface area contributed by atoms with Crippen LogP contribution in [0.2, 0.25) is 0 Å². The van der Waals surface area contributed by atoms with Gasteiger partial charge >= 0.3 is 5.97 Å². The largest absolute Gasteiger partial charge is 0.452 e. The molecule has 1 aliphatic carbocycles. The Bertz CT molecular complexity index is 1140. The summed E-state index contributed by atoms with van der Waals surface area (Å²) in [6.45, 7) is 1.24. The van der Waals surface area contributed by atoms with E-state index in [0.29, 0.717) is 21.9 Å². The third-order valence-corrected chi connectivity index (χ3v) is 6.10. The molecule has 0 spiro atoms. The monoisotopic (exact) mass is 409 g/mol. The Hall–Kier alpha value is -3.25. The minimum atomic E-state index is -0.659. The summed E-state index contributed by atoms with van der Waals surface area (Å²) in [5, 5.41) is 17.0. The standard InChI is InChI=1S/C20H19N5O3S/c1-12-17(18-22-8-5-9-25(18)24-12)20(27)28-11-16(26)23-19-14(10-21)13-6-3-2-4-7-15(13)29-19/h5,8-9H,2-4,6-7,11H2,1H3,(H,23,26). The molecule has 3 aromatic heterocycles. The number of carbonyl (C=O) groups excluding carboxylic acids is 2. The van der Waals surface area contributed by atoms with Crippen molar-refractivity contribution >= 4 is 33.9 Å². The van der Waals surface area contributed by atoms with E-state index in [0.717, 1.165) is 37.7 Å². The second-order valence-electron chi connectivity index (χ2n) is 6.85. The molecule has 9 heteroatoms. The van der Waals surface area contributed by atoms with Crippen LogP contribution in [0, 0.1) is 18.3 Å². The predicted octanol–water partition coefficient (Wildman–Crippen LogP) is 3.04. The number of aryl methyl sites for hydroxylation is 2. The van der Waals surface area contributed by atoms with Gasteiger partial charge in [-0.3, -0.25) is 4.79 Å². The fraction of sp³-hybridized carbons (Fsp3) is 0.350. The zero-order valence-corrected chi connectivity index (χ0v) is 16.7. The summed E-state index contributed by atoms with van der Waals surface area (Å²) in [6, 6.07) is 3.93. The van der Waals surface area contributed by atoms with Gasteiger partial charge in [-0.1, -0.05) is 6.42 Å². The highest BCUT2D eigenvalue weighted by molar-refractivity contribution is 7.16. The summed E-state index contributed by atoms with van der Waals surface area (Å²) in [6.07, 6.45) is 8.34. The lowest BCUT2D eigenvalue weighted by atomic mass is 10.1. The summed E-state index contributed by atoms with van der Waals surface area (Å²) in [5.41, 5.74) is 2.68. The Labute approximate surface area is 171 Å². The van der Waals surface area contributed by atoms with Crippen LogP contribution in [0.5, 0.6) is 0 Å². The first-order chi connectivity index (χ1) is 14.1. The number of hydrogen-bond acceptors (Lipinski definition) is 7. The van der Waals surface area contributed by atoms with E-state index in [-0.39, 0.29) is 5.56 Å². The Balaban J connectivity index is 1.45. The van der Waals surface area contributed by atoms with E-state index < -0.39 is 18.5 Å². The Kier molecular flexibility index (Phi) is 5.27. The van der Waals surface area contributed by atoms with Gasteiger partial charge in [0.25, 0.3) is 5.91 Å². The number of anilines is 1. The first kappa shape index (κ1) is 19.1. The van der Waals surface area contributed by atoms with Gasteiger partial charge in [0.05, 0.1) is 11.3 Å². The van der Waals surface area contributed by atoms with Crippen LogP contribution in [0.3, 0.4) is 0 Å². The van der Waals surface area contributed by atoms with E-state index in [1.807, 2.05) is 0 Å². The molecule has 4 rings (SSSR count). The fourth-order valence-corrected chi connectivity index (χ4v) is 4.81. The topological polar surface area (TPSA) is 109 Å². The summed E-state index contributed by atoms with van der Waals surface area (Å²) in [4.78, 5) is 30.1. The number of nitrogens with one attached hydrogen (secondary N) is 1. The normalized spacial score (nSPS) is 13.4. The van der Waals surface area contributed by atoms with Crippen molar-refractivity contribution in [2.24, 2.45) is 0 Å². The molecule has 1 N–H and O–H groups in total. The highest BCUT2D eigenvalue weighted by Crippen LogP contribution is 2.36. The van der Waals surface area contributed by atoms with Gasteiger partial charge in [-0.15, -0.1) is 11.3 Å². The van der Waals surface area contributed by atoms with Gasteiger partial charge < -0.3 is 10.1 Å². The van der Waals surface area contributed by atoms with Gasteiger partial charge in [-0.05, 0) is 44.2 Å². The number of rotatable bonds is 4. The maximum absolute atomic E-state index is 12.5. The third kappa shape index (κ3) is 3.71. The van der Waals surface area contributed by atoms with Crippen LogP contribution in [-0.4, -0.2) is 33.1 Å². The molecule has 1 aliphatic rings. The molecule has 1 amide bonds. The lowest BCUT2D eigenvalue weighted by Gasteiger charge is -2.06. The molecule has 0 fully saturated rings. The minimum absolute atomic E-state index is 0.235. The molecule has 0 aliphatic heterocycles. The van der Waals surface area contributed by atoms with Gasteiger partial charge in [0, 0.05) is 17.3 Å². The van der Waals surface area contributed by atoms with Crippen LogP contribution in [0.25, 0.3) is 5.65 Å². The van der Waals surface area contributed by atoms with Crippen LogP contribution in [0.1, 0.15) is 51.3 Å². The molecule has 3 aromatic rings. The highest BCUT2D eigenvalue weighted by Gasteiger charge is 2.23. The quantitative estimate of drug-likeness (QED) is 0.524. The molecule has 8 nitrogen and oxygen atoms in total. The van der Waals surface area contributed by atoms with Gasteiger partial charge in [-0.25, -0.2) is 14.3 Å². The number of nitriles is 1. The maximum atomic E-state index is 12.5. The van der Waals surface area contributed by atoms with Crippen LogP contribution < -0.4 is 5.32 Å². The van der Waals surface area contributed by atoms with E-state index in [2.05, 4.69) is 21.5 Å². The van der Waals surface area contributed by atoms with E-state index in [9.17, 15) is 14.9 Å². The molecule has 0 aromatic carbocycles. The number of fused-ring (bicyclic) bond motifs is 2. The van der Waals surface area contributed by atoms with Gasteiger partial charge in [0.15, 0.2) is 12.3 Å². The number of esters is 1. The molecule has 29 heavy (non-hydrogen) atoms. The number of carbonyl (C=O) groups is 2. The van der Waals surface area contributed by atoms with E-state index in [4.69, 9.17) is 4.74 Å². The predicted molar refractivity (Wildman–Crippen MR) is 107 cm³/mol. The van der Waals surface area contributed by atoms with Gasteiger partial charge in [-0.2, -0.15) is 10.4 Å². The van der Waals surface area contributed by atoms with E-state index in [1.165, 1.54) is 20.7 Å². The average molecular weight is 409 g/mol. The van der Waals surface area contributed by atoms with Crippen LogP contribution in [-0.2, 0) is 22.4 Å². The van der Waals surface area contributed by atoms with Crippen LogP contribution >= 0.6 is 11.3 Å². The second kappa shape index (κ2) is 8.01. The third-order valence-electron chi connectivity index (χ3n) is 4.89. The first-order valence-corrected chi connectivity index (χ1v) is 10.2. The summed E-state index contributed by atoms with van der Waals surface area (Å²) < 4.78 is 6.67. The molecule has 0 bridgehead atoms. The second-order valence-corrected chi connectivity index (χ2v) is 7.96. The Morgan fingerprint density at radius 2 is 2.17 bits per heavy atom. The van der Waals surface area contributed by atoms with Crippen molar-refractivity contribution in [3.63, 3.8) is 0 Å². The van der Waals surface area contributed by atoms with Crippen LogP contribution in [0.15, 0.2) is 18.5 Å². The SMILES string of the molecule is Cc1nn2cccnc2c1C(=O)OCC(=O)Nc1sc2c(c1C#N)CCCCC2. The first-order valence-electron chi connectivity index (χ1n) is 9.40. The molecular formula is C20H19N5O3S. The number of amides is 1. The number of thiophene rings is 1. The smallest absolute Gasteiger partial charge is 0.344 e. The van der Waals surface area contributed by atoms with Crippen molar-refractivity contribution in [3.05, 3.63) is 45.7 Å². The number of ether oxygens (including phenoxy) is 1. The zero-order chi connectivity index (χ0) is 20.4. The minimum Gasteiger partial charge on any atom is -0.452 e.